The molecule has 2 aliphatic heterocycles. The van der Waals surface area contributed by atoms with Crippen LogP contribution >= 0.6 is 0 Å². The van der Waals surface area contributed by atoms with Crippen LogP contribution in [0.5, 0.6) is 0 Å². The summed E-state index contributed by atoms with van der Waals surface area (Å²) in [4.78, 5) is 2.40. The van der Waals surface area contributed by atoms with Gasteiger partial charge >= 0.3 is 7.12 Å². The van der Waals surface area contributed by atoms with E-state index >= 15 is 0 Å². The molecule has 1 aromatic rings. The molecule has 0 amide bonds. The third-order valence-electron chi connectivity index (χ3n) is 5.59. The van der Waals surface area contributed by atoms with Crippen LogP contribution in [0.3, 0.4) is 0 Å². The van der Waals surface area contributed by atoms with Gasteiger partial charge in [-0.1, -0.05) is 12.1 Å². The molecule has 25 heavy (non-hydrogen) atoms. The van der Waals surface area contributed by atoms with Crippen LogP contribution in [0, 0.1) is 0 Å². The van der Waals surface area contributed by atoms with Crippen molar-refractivity contribution in [2.24, 2.45) is 0 Å². The number of nitrogens with zero attached hydrogens (tertiary/aromatic N) is 4. The summed E-state index contributed by atoms with van der Waals surface area (Å²) in [6, 6.07) is 0.295. The Bertz CT molecular complexity index is 630. The normalized spacial score (nSPS) is 27.0. The molecule has 6 nitrogen and oxygen atoms in total. The Hall–Kier alpha value is -1.25. The zero-order valence-corrected chi connectivity index (χ0v) is 15.8. The molecule has 0 spiro atoms. The summed E-state index contributed by atoms with van der Waals surface area (Å²) in [5, 5.41) is 8.29. The van der Waals surface area contributed by atoms with Crippen molar-refractivity contribution >= 4 is 13.2 Å². The Morgan fingerprint density at radius 3 is 2.68 bits per heavy atom. The van der Waals surface area contributed by atoms with E-state index in [9.17, 15) is 4.39 Å². The van der Waals surface area contributed by atoms with Crippen LogP contribution in [-0.4, -0.2) is 57.8 Å². The first-order chi connectivity index (χ1) is 11.7. The average Bonchev–Trinajstić information content (AvgIpc) is 3.10. The number of halogens is 1. The topological polar surface area (TPSA) is 52.4 Å². The van der Waals surface area contributed by atoms with E-state index < -0.39 is 24.0 Å². The standard InChI is InChI=1S/C17H28BFN4O2/c1-6-22-9-7-8-14(12-22)23-11-13(20-21-23)10-15(19)18-24-16(2,3)17(4,5)25-18/h10-11,14H,6-9,12H2,1-5H3. The van der Waals surface area contributed by atoms with Gasteiger partial charge in [0.1, 0.15) is 11.4 Å². The van der Waals surface area contributed by atoms with Crippen molar-refractivity contribution in [3.8, 4) is 0 Å². The number of hydrogen-bond acceptors (Lipinski definition) is 5. The largest absolute Gasteiger partial charge is 0.525 e. The van der Waals surface area contributed by atoms with Gasteiger partial charge in [0.05, 0.1) is 23.4 Å². The molecular weight excluding hydrogens is 322 g/mol. The smallest absolute Gasteiger partial charge is 0.398 e. The van der Waals surface area contributed by atoms with Crippen molar-refractivity contribution in [2.75, 3.05) is 19.6 Å². The molecule has 0 aromatic carbocycles. The van der Waals surface area contributed by atoms with Crippen LogP contribution in [0.1, 0.15) is 59.2 Å². The molecule has 8 heteroatoms. The summed E-state index contributed by atoms with van der Waals surface area (Å²) in [6.07, 6.45) is 5.37. The molecule has 1 atom stereocenters. The molecule has 138 valence electrons. The molecule has 0 radical (unpaired) electrons. The Kier molecular flexibility index (Phi) is 5.05. The SMILES string of the molecule is CCN1CCCC(n2cc(C=C(F)B3OC(C)(C)C(C)(C)O3)nn2)C1. The minimum atomic E-state index is -1.000. The van der Waals surface area contributed by atoms with Crippen LogP contribution in [0.4, 0.5) is 4.39 Å². The van der Waals surface area contributed by atoms with E-state index in [0.717, 1.165) is 32.5 Å². The molecule has 3 heterocycles. The second kappa shape index (κ2) is 6.81. The summed E-state index contributed by atoms with van der Waals surface area (Å²) in [7, 11) is -1.000. The van der Waals surface area contributed by atoms with Gasteiger partial charge in [0.2, 0.25) is 0 Å². The molecule has 0 aliphatic carbocycles. The Morgan fingerprint density at radius 1 is 1.36 bits per heavy atom. The van der Waals surface area contributed by atoms with Crippen LogP contribution in [-0.2, 0) is 9.31 Å². The second-order valence-corrected chi connectivity index (χ2v) is 7.93. The first-order valence-corrected chi connectivity index (χ1v) is 9.09. The van der Waals surface area contributed by atoms with Crippen LogP contribution in [0.15, 0.2) is 11.9 Å². The minimum Gasteiger partial charge on any atom is -0.398 e. The first-order valence-electron chi connectivity index (χ1n) is 9.09. The molecular formula is C17H28BFN4O2. The fraction of sp³-hybridized carbons (Fsp3) is 0.765. The summed E-state index contributed by atoms with van der Waals surface area (Å²) in [5.74, 6) is 0. The van der Waals surface area contributed by atoms with E-state index in [1.165, 1.54) is 6.08 Å². The van der Waals surface area contributed by atoms with Gasteiger partial charge in [-0.25, -0.2) is 9.07 Å². The lowest BCUT2D eigenvalue weighted by molar-refractivity contribution is 0.00578. The number of likely N-dealkylation sites (N-methyl/N-ethyl adjacent to an activating group) is 1. The van der Waals surface area contributed by atoms with E-state index in [1.54, 1.807) is 6.20 Å². The zero-order chi connectivity index (χ0) is 18.2. The van der Waals surface area contributed by atoms with Crippen molar-refractivity contribution < 1.29 is 13.7 Å². The van der Waals surface area contributed by atoms with Crippen molar-refractivity contribution in [1.82, 2.24) is 19.9 Å². The minimum absolute atomic E-state index is 0.295. The van der Waals surface area contributed by atoms with Gasteiger partial charge in [0.25, 0.3) is 0 Å². The van der Waals surface area contributed by atoms with Crippen LogP contribution < -0.4 is 0 Å². The predicted octanol–water partition coefficient (Wildman–Crippen LogP) is 2.88. The van der Waals surface area contributed by atoms with Gasteiger partial charge in [-0.15, -0.1) is 5.10 Å². The highest BCUT2D eigenvalue weighted by atomic mass is 19.1. The Labute approximate surface area is 149 Å². The maximum absolute atomic E-state index is 14.6. The van der Waals surface area contributed by atoms with E-state index in [2.05, 4.69) is 22.1 Å². The highest BCUT2D eigenvalue weighted by Gasteiger charge is 2.53. The Morgan fingerprint density at radius 2 is 2.04 bits per heavy atom. The summed E-state index contributed by atoms with van der Waals surface area (Å²) < 4.78 is 27.9. The molecule has 0 N–H and O–H groups in total. The molecule has 0 saturated carbocycles. The lowest BCUT2D eigenvalue weighted by atomic mass is 9.87. The van der Waals surface area contributed by atoms with E-state index in [-0.39, 0.29) is 0 Å². The molecule has 2 fully saturated rings. The highest BCUT2D eigenvalue weighted by Crippen LogP contribution is 2.39. The summed E-state index contributed by atoms with van der Waals surface area (Å²) in [5.41, 5.74) is -1.12. The number of aromatic nitrogens is 3. The zero-order valence-electron chi connectivity index (χ0n) is 15.8. The Balaban J connectivity index is 1.69. The summed E-state index contributed by atoms with van der Waals surface area (Å²) in [6.45, 7) is 12.9. The van der Waals surface area contributed by atoms with Gasteiger partial charge in [-0.2, -0.15) is 0 Å². The molecule has 1 unspecified atom stereocenters. The van der Waals surface area contributed by atoms with Gasteiger partial charge < -0.3 is 14.2 Å². The van der Waals surface area contributed by atoms with Crippen molar-refractivity contribution in [2.45, 2.75) is 64.7 Å². The molecule has 1 aromatic heterocycles. The maximum Gasteiger partial charge on any atom is 0.525 e. The number of likely N-dealkylation sites (tertiary alicyclic amines) is 1. The molecule has 0 bridgehead atoms. The predicted molar refractivity (Wildman–Crippen MR) is 95.6 cm³/mol. The van der Waals surface area contributed by atoms with E-state index in [1.807, 2.05) is 32.4 Å². The number of piperidine rings is 1. The molecule has 2 saturated heterocycles. The third kappa shape index (κ3) is 3.81. The van der Waals surface area contributed by atoms with Crippen LogP contribution in [0.2, 0.25) is 0 Å². The van der Waals surface area contributed by atoms with Crippen molar-refractivity contribution in [3.05, 3.63) is 17.6 Å². The number of rotatable bonds is 4. The third-order valence-corrected chi connectivity index (χ3v) is 5.59. The second-order valence-electron chi connectivity index (χ2n) is 7.93. The van der Waals surface area contributed by atoms with Crippen molar-refractivity contribution in [1.29, 1.82) is 0 Å². The first kappa shape index (κ1) is 18.5. The summed E-state index contributed by atoms with van der Waals surface area (Å²) >= 11 is 0. The lowest BCUT2D eigenvalue weighted by Crippen LogP contribution is -2.41. The fourth-order valence-electron chi connectivity index (χ4n) is 3.23. The van der Waals surface area contributed by atoms with Crippen molar-refractivity contribution in [3.63, 3.8) is 0 Å². The fourth-order valence-corrected chi connectivity index (χ4v) is 3.23. The number of hydrogen-bond donors (Lipinski definition) is 0. The molecule has 3 rings (SSSR count). The van der Waals surface area contributed by atoms with Gasteiger partial charge in [-0.05, 0) is 59.7 Å². The van der Waals surface area contributed by atoms with E-state index in [4.69, 9.17) is 9.31 Å². The van der Waals surface area contributed by atoms with Crippen LogP contribution in [0.25, 0.3) is 6.08 Å². The molecule has 2 aliphatic rings. The van der Waals surface area contributed by atoms with Gasteiger partial charge in [0, 0.05) is 6.54 Å². The van der Waals surface area contributed by atoms with E-state index in [0.29, 0.717) is 11.7 Å². The monoisotopic (exact) mass is 350 g/mol. The van der Waals surface area contributed by atoms with Gasteiger partial charge in [0.15, 0.2) is 0 Å². The average molecular weight is 350 g/mol. The maximum atomic E-state index is 14.6. The highest BCUT2D eigenvalue weighted by molar-refractivity contribution is 6.54. The lowest BCUT2D eigenvalue weighted by Gasteiger charge is -2.32. The quantitative estimate of drug-likeness (QED) is 0.782. The van der Waals surface area contributed by atoms with Gasteiger partial charge in [-0.3, -0.25) is 0 Å².